The van der Waals surface area contributed by atoms with Crippen LogP contribution in [0.3, 0.4) is 0 Å². The van der Waals surface area contributed by atoms with Gasteiger partial charge < -0.3 is 0 Å². The van der Waals surface area contributed by atoms with E-state index in [1.165, 1.54) is 0 Å². The van der Waals surface area contributed by atoms with Crippen LogP contribution in [0.5, 0.6) is 0 Å². The zero-order chi connectivity index (χ0) is 12.5. The Bertz CT molecular complexity index is 562. The number of nitrogens with zero attached hydrogens (tertiary/aromatic N) is 1. The number of rotatable bonds is 2. The van der Waals surface area contributed by atoms with Crippen molar-refractivity contribution in [2.75, 3.05) is 11.5 Å². The molecule has 2 rings (SSSR count). The zero-order valence-corrected chi connectivity index (χ0v) is 10.7. The fourth-order valence-electron chi connectivity index (χ4n) is 2.24. The molecule has 0 aliphatic carbocycles. The number of sulfone groups is 1. The molecule has 0 aromatic heterocycles. The highest BCUT2D eigenvalue weighted by Crippen LogP contribution is 2.35. The Morgan fingerprint density at radius 1 is 1.41 bits per heavy atom. The predicted molar refractivity (Wildman–Crippen MR) is 66.6 cm³/mol. The van der Waals surface area contributed by atoms with E-state index in [0.29, 0.717) is 11.4 Å². The maximum Gasteiger partial charge on any atom is 0.150 e. The highest BCUT2D eigenvalue weighted by molar-refractivity contribution is 7.91. The molecule has 0 radical (unpaired) electrons. The van der Waals surface area contributed by atoms with Gasteiger partial charge in [-0.05, 0) is 24.0 Å². The van der Waals surface area contributed by atoms with Crippen molar-refractivity contribution in [3.05, 3.63) is 34.9 Å². The molecule has 2 unspecified atom stereocenters. The molecule has 1 aliphatic rings. The smallest absolute Gasteiger partial charge is 0.150 e. The number of nitriles is 1. The molecule has 17 heavy (non-hydrogen) atoms. The SMILES string of the molecule is N#CC(c1ccccc1Cl)C1CCS(=O)(=O)C1. The summed E-state index contributed by atoms with van der Waals surface area (Å²) >= 11 is 6.05. The van der Waals surface area contributed by atoms with Crippen LogP contribution in [0, 0.1) is 17.2 Å². The second-order valence-electron chi connectivity index (χ2n) is 4.29. The van der Waals surface area contributed by atoms with E-state index in [1.807, 2.05) is 6.07 Å². The molecule has 0 N–H and O–H groups in total. The van der Waals surface area contributed by atoms with Gasteiger partial charge in [-0.3, -0.25) is 0 Å². The number of benzene rings is 1. The van der Waals surface area contributed by atoms with Crippen molar-refractivity contribution in [3.63, 3.8) is 0 Å². The van der Waals surface area contributed by atoms with Crippen LogP contribution < -0.4 is 0 Å². The molecule has 1 aliphatic heterocycles. The Hall–Kier alpha value is -1.05. The molecular formula is C12H12ClNO2S. The van der Waals surface area contributed by atoms with Crippen LogP contribution in [0.2, 0.25) is 5.02 Å². The van der Waals surface area contributed by atoms with E-state index in [2.05, 4.69) is 6.07 Å². The maximum atomic E-state index is 11.4. The van der Waals surface area contributed by atoms with Crippen LogP contribution in [0.1, 0.15) is 17.9 Å². The van der Waals surface area contributed by atoms with Gasteiger partial charge in [0.15, 0.2) is 9.84 Å². The van der Waals surface area contributed by atoms with E-state index in [4.69, 9.17) is 11.6 Å². The van der Waals surface area contributed by atoms with E-state index in [1.54, 1.807) is 18.2 Å². The minimum Gasteiger partial charge on any atom is -0.229 e. The summed E-state index contributed by atoms with van der Waals surface area (Å²) in [4.78, 5) is 0. The second-order valence-corrected chi connectivity index (χ2v) is 6.93. The van der Waals surface area contributed by atoms with Gasteiger partial charge in [-0.25, -0.2) is 8.42 Å². The summed E-state index contributed by atoms with van der Waals surface area (Å²) in [5, 5.41) is 9.76. The van der Waals surface area contributed by atoms with E-state index >= 15 is 0 Å². The predicted octanol–water partition coefficient (Wildman–Crippen LogP) is 2.38. The average molecular weight is 270 g/mol. The van der Waals surface area contributed by atoms with Crippen LogP contribution >= 0.6 is 11.6 Å². The monoisotopic (exact) mass is 269 g/mol. The average Bonchev–Trinajstić information content (AvgIpc) is 2.63. The standard InChI is InChI=1S/C12H12ClNO2S/c13-12-4-2-1-3-10(12)11(7-14)9-5-6-17(15,16)8-9/h1-4,9,11H,5-6,8H2. The van der Waals surface area contributed by atoms with Gasteiger partial charge in [-0.1, -0.05) is 29.8 Å². The van der Waals surface area contributed by atoms with E-state index < -0.39 is 15.8 Å². The Kier molecular flexibility index (Phi) is 3.41. The van der Waals surface area contributed by atoms with Gasteiger partial charge in [0.2, 0.25) is 0 Å². The summed E-state index contributed by atoms with van der Waals surface area (Å²) in [5.74, 6) is -0.289. The lowest BCUT2D eigenvalue weighted by Crippen LogP contribution is -2.13. The van der Waals surface area contributed by atoms with Gasteiger partial charge in [0.1, 0.15) is 0 Å². The molecule has 0 saturated carbocycles. The Morgan fingerprint density at radius 3 is 2.65 bits per heavy atom. The van der Waals surface area contributed by atoms with Crippen molar-refractivity contribution in [1.29, 1.82) is 5.26 Å². The number of hydrogen-bond donors (Lipinski definition) is 0. The second kappa shape index (κ2) is 4.67. The fraction of sp³-hybridized carbons (Fsp3) is 0.417. The number of hydrogen-bond acceptors (Lipinski definition) is 3. The highest BCUT2D eigenvalue weighted by atomic mass is 35.5. The van der Waals surface area contributed by atoms with Crippen molar-refractivity contribution in [1.82, 2.24) is 0 Å². The molecule has 90 valence electrons. The first-order valence-corrected chi connectivity index (χ1v) is 7.58. The third kappa shape index (κ3) is 2.62. The summed E-state index contributed by atoms with van der Waals surface area (Å²) in [6, 6.07) is 9.32. The Balaban J connectivity index is 2.31. The zero-order valence-electron chi connectivity index (χ0n) is 9.14. The van der Waals surface area contributed by atoms with Crippen molar-refractivity contribution < 1.29 is 8.42 Å². The summed E-state index contributed by atoms with van der Waals surface area (Å²) in [7, 11) is -2.97. The van der Waals surface area contributed by atoms with Gasteiger partial charge in [-0.2, -0.15) is 5.26 Å². The van der Waals surface area contributed by atoms with Crippen molar-refractivity contribution in [2.24, 2.45) is 5.92 Å². The lowest BCUT2D eigenvalue weighted by Gasteiger charge is -2.16. The highest BCUT2D eigenvalue weighted by Gasteiger charge is 2.35. The molecule has 1 fully saturated rings. The van der Waals surface area contributed by atoms with Crippen LogP contribution in [0.25, 0.3) is 0 Å². The molecule has 5 heteroatoms. The minimum atomic E-state index is -2.97. The minimum absolute atomic E-state index is 0.0937. The Labute approximate surface area is 106 Å². The van der Waals surface area contributed by atoms with Gasteiger partial charge in [-0.15, -0.1) is 0 Å². The van der Waals surface area contributed by atoms with E-state index in [9.17, 15) is 13.7 Å². The molecule has 3 nitrogen and oxygen atoms in total. The first kappa shape index (κ1) is 12.4. The van der Waals surface area contributed by atoms with Crippen LogP contribution in [0.15, 0.2) is 24.3 Å². The van der Waals surface area contributed by atoms with Crippen molar-refractivity contribution >= 4 is 21.4 Å². The first-order valence-electron chi connectivity index (χ1n) is 5.38. The third-order valence-electron chi connectivity index (χ3n) is 3.12. The molecular weight excluding hydrogens is 258 g/mol. The fourth-order valence-corrected chi connectivity index (χ4v) is 4.34. The first-order chi connectivity index (χ1) is 8.03. The normalized spacial score (nSPS) is 24.1. The summed E-state index contributed by atoms with van der Waals surface area (Å²) < 4.78 is 22.9. The van der Waals surface area contributed by atoms with Gasteiger partial charge >= 0.3 is 0 Å². The van der Waals surface area contributed by atoms with Crippen LogP contribution in [-0.4, -0.2) is 19.9 Å². The molecule has 1 aromatic carbocycles. The van der Waals surface area contributed by atoms with Crippen molar-refractivity contribution in [2.45, 2.75) is 12.3 Å². The summed E-state index contributed by atoms with van der Waals surface area (Å²) in [6.07, 6.45) is 0.547. The lowest BCUT2D eigenvalue weighted by molar-refractivity contribution is 0.541. The van der Waals surface area contributed by atoms with Crippen LogP contribution in [0.4, 0.5) is 0 Å². The molecule has 1 aromatic rings. The summed E-state index contributed by atoms with van der Waals surface area (Å²) in [6.45, 7) is 0. The molecule has 2 atom stereocenters. The molecule has 1 saturated heterocycles. The molecule has 0 amide bonds. The van der Waals surface area contributed by atoms with Crippen LogP contribution in [-0.2, 0) is 9.84 Å². The Morgan fingerprint density at radius 2 is 2.12 bits per heavy atom. The molecule has 1 heterocycles. The summed E-state index contributed by atoms with van der Waals surface area (Å²) in [5.41, 5.74) is 0.735. The molecule has 0 bridgehead atoms. The van der Waals surface area contributed by atoms with Gasteiger partial charge in [0, 0.05) is 5.02 Å². The third-order valence-corrected chi connectivity index (χ3v) is 5.26. The maximum absolute atomic E-state index is 11.4. The van der Waals surface area contributed by atoms with E-state index in [-0.39, 0.29) is 17.4 Å². The molecule has 0 spiro atoms. The quantitative estimate of drug-likeness (QED) is 0.828. The van der Waals surface area contributed by atoms with Gasteiger partial charge in [0.25, 0.3) is 0 Å². The lowest BCUT2D eigenvalue weighted by atomic mass is 9.87. The largest absolute Gasteiger partial charge is 0.229 e. The topological polar surface area (TPSA) is 57.9 Å². The van der Waals surface area contributed by atoms with E-state index in [0.717, 1.165) is 5.56 Å². The number of halogens is 1. The van der Waals surface area contributed by atoms with Gasteiger partial charge in [0.05, 0.1) is 23.5 Å². The van der Waals surface area contributed by atoms with Crippen molar-refractivity contribution in [3.8, 4) is 6.07 Å².